The zero-order chi connectivity index (χ0) is 21.1. The van der Waals surface area contributed by atoms with E-state index in [2.05, 4.69) is 16.3 Å². The lowest BCUT2D eigenvalue weighted by Gasteiger charge is -2.25. The summed E-state index contributed by atoms with van der Waals surface area (Å²) in [5.74, 6) is 1.61. The highest BCUT2D eigenvalue weighted by Gasteiger charge is 2.29. The van der Waals surface area contributed by atoms with E-state index in [-0.39, 0.29) is 18.5 Å². The molecule has 1 atom stereocenters. The molecular weight excluding hydrogens is 396 g/mol. The van der Waals surface area contributed by atoms with Crippen molar-refractivity contribution < 1.29 is 9.53 Å². The van der Waals surface area contributed by atoms with Crippen LogP contribution in [0.4, 0.5) is 0 Å². The van der Waals surface area contributed by atoms with Gasteiger partial charge in [0.25, 0.3) is 0 Å². The minimum Gasteiger partial charge on any atom is -0.497 e. The number of likely N-dealkylation sites (tertiary alicyclic amines) is 1. The first-order valence-corrected chi connectivity index (χ1v) is 10.6. The Kier molecular flexibility index (Phi) is 5.99. The molecule has 6 nitrogen and oxygen atoms in total. The highest BCUT2D eigenvalue weighted by molar-refractivity contribution is 7.71. The number of aryl methyl sites for hydroxylation is 1. The first-order chi connectivity index (χ1) is 14.5. The number of carbonyl (C=O) groups excluding carboxylic acids is 1. The molecule has 30 heavy (non-hydrogen) atoms. The van der Waals surface area contributed by atoms with Gasteiger partial charge < -0.3 is 9.64 Å². The van der Waals surface area contributed by atoms with Crippen LogP contribution in [0.1, 0.15) is 24.0 Å². The van der Waals surface area contributed by atoms with Crippen LogP contribution in [-0.2, 0) is 17.8 Å². The minimum absolute atomic E-state index is 0.0752. The number of aromatic amines is 1. The minimum atomic E-state index is 0.0752. The Bertz CT molecular complexity index is 1090. The van der Waals surface area contributed by atoms with Crippen molar-refractivity contribution in [3.05, 3.63) is 64.4 Å². The summed E-state index contributed by atoms with van der Waals surface area (Å²) in [6.45, 7) is 3.01. The second-order valence-corrected chi connectivity index (χ2v) is 8.13. The number of amides is 1. The van der Waals surface area contributed by atoms with Crippen LogP contribution in [0.15, 0.2) is 48.5 Å². The van der Waals surface area contributed by atoms with Crippen LogP contribution < -0.4 is 4.74 Å². The topological polar surface area (TPSA) is 63.1 Å². The smallest absolute Gasteiger partial charge is 0.242 e. The van der Waals surface area contributed by atoms with E-state index in [9.17, 15) is 4.79 Å². The molecule has 1 aliphatic heterocycles. The molecule has 7 heteroatoms. The lowest BCUT2D eigenvalue weighted by atomic mass is 10.0. The molecule has 0 radical (unpaired) electrons. The van der Waals surface area contributed by atoms with Crippen LogP contribution in [0.2, 0.25) is 0 Å². The lowest BCUT2D eigenvalue weighted by molar-refractivity contribution is -0.132. The van der Waals surface area contributed by atoms with Crippen molar-refractivity contribution in [3.8, 4) is 17.1 Å². The SMILES string of the molecule is COc1cccc(CC2CCCN2C(=O)Cn2c(-c3ccc(C)cc3)n[nH]c2=S)c1. The van der Waals surface area contributed by atoms with Crippen molar-refractivity contribution >= 4 is 18.1 Å². The fraction of sp³-hybridized carbons (Fsp3) is 0.348. The molecule has 3 aromatic rings. The molecule has 1 aromatic heterocycles. The Labute approximate surface area is 181 Å². The molecular formula is C23H26N4O2S. The van der Waals surface area contributed by atoms with Gasteiger partial charge in [-0.2, -0.15) is 5.10 Å². The van der Waals surface area contributed by atoms with E-state index in [1.54, 1.807) is 11.7 Å². The fourth-order valence-electron chi connectivity index (χ4n) is 4.06. The highest BCUT2D eigenvalue weighted by Crippen LogP contribution is 2.24. The summed E-state index contributed by atoms with van der Waals surface area (Å²) in [6, 6.07) is 16.3. The van der Waals surface area contributed by atoms with Gasteiger partial charge in [0.15, 0.2) is 10.6 Å². The molecule has 1 fully saturated rings. The third-order valence-electron chi connectivity index (χ3n) is 5.66. The van der Waals surface area contributed by atoms with Gasteiger partial charge in [-0.3, -0.25) is 14.5 Å². The van der Waals surface area contributed by atoms with Crippen LogP contribution in [0.25, 0.3) is 11.4 Å². The van der Waals surface area contributed by atoms with Gasteiger partial charge in [-0.05, 0) is 56.1 Å². The van der Waals surface area contributed by atoms with Crippen LogP contribution in [0.3, 0.4) is 0 Å². The summed E-state index contributed by atoms with van der Waals surface area (Å²) >= 11 is 5.41. The summed E-state index contributed by atoms with van der Waals surface area (Å²) in [6.07, 6.45) is 2.84. The Hall–Kier alpha value is -2.93. The first kappa shape index (κ1) is 20.3. The van der Waals surface area contributed by atoms with Crippen LogP contribution >= 0.6 is 12.2 Å². The highest BCUT2D eigenvalue weighted by atomic mass is 32.1. The summed E-state index contributed by atoms with van der Waals surface area (Å²) in [7, 11) is 1.67. The monoisotopic (exact) mass is 422 g/mol. The maximum atomic E-state index is 13.2. The summed E-state index contributed by atoms with van der Waals surface area (Å²) in [5.41, 5.74) is 3.29. The Morgan fingerprint density at radius 3 is 2.83 bits per heavy atom. The third-order valence-corrected chi connectivity index (χ3v) is 5.98. The van der Waals surface area contributed by atoms with Crippen molar-refractivity contribution in [2.45, 2.75) is 38.8 Å². The van der Waals surface area contributed by atoms with Gasteiger partial charge in [0.05, 0.1) is 7.11 Å². The molecule has 2 aromatic carbocycles. The molecule has 1 amide bonds. The Morgan fingerprint density at radius 2 is 2.07 bits per heavy atom. The summed E-state index contributed by atoms with van der Waals surface area (Å²) in [5, 5.41) is 7.20. The average Bonchev–Trinajstić information content (AvgIpc) is 3.36. The van der Waals surface area contributed by atoms with Gasteiger partial charge >= 0.3 is 0 Å². The van der Waals surface area contributed by atoms with E-state index in [0.717, 1.165) is 37.1 Å². The Balaban J connectivity index is 1.51. The maximum Gasteiger partial charge on any atom is 0.242 e. The van der Waals surface area contributed by atoms with E-state index >= 15 is 0 Å². The number of H-pyrrole nitrogens is 1. The van der Waals surface area contributed by atoms with Crippen molar-refractivity contribution in [2.75, 3.05) is 13.7 Å². The standard InChI is InChI=1S/C23H26N4O2S/c1-16-8-10-18(11-9-16)22-24-25-23(30)27(22)15-21(28)26-12-4-6-19(26)13-17-5-3-7-20(14-17)29-2/h3,5,7-11,14,19H,4,6,12-13,15H2,1-2H3,(H,25,30). The van der Waals surface area contributed by atoms with Gasteiger partial charge in [-0.1, -0.05) is 42.0 Å². The van der Waals surface area contributed by atoms with Gasteiger partial charge in [0.1, 0.15) is 12.3 Å². The van der Waals surface area contributed by atoms with Crippen molar-refractivity contribution in [2.24, 2.45) is 0 Å². The van der Waals surface area contributed by atoms with E-state index in [1.807, 2.05) is 54.3 Å². The maximum absolute atomic E-state index is 13.2. The number of rotatable bonds is 6. The number of aromatic nitrogens is 3. The molecule has 1 N–H and O–H groups in total. The molecule has 0 saturated carbocycles. The predicted octanol–water partition coefficient (Wildman–Crippen LogP) is 4.16. The quantitative estimate of drug-likeness (QED) is 0.606. The number of nitrogens with zero attached hydrogens (tertiary/aromatic N) is 3. The number of carbonyl (C=O) groups is 1. The van der Waals surface area contributed by atoms with Crippen LogP contribution in [0.5, 0.6) is 5.75 Å². The van der Waals surface area contributed by atoms with Crippen LogP contribution in [-0.4, -0.2) is 45.3 Å². The largest absolute Gasteiger partial charge is 0.497 e. The first-order valence-electron chi connectivity index (χ1n) is 10.2. The average molecular weight is 423 g/mol. The van der Waals surface area contributed by atoms with E-state index in [1.165, 1.54) is 11.1 Å². The zero-order valence-corrected chi connectivity index (χ0v) is 18.1. The molecule has 2 heterocycles. The number of methoxy groups -OCH3 is 1. The normalized spacial score (nSPS) is 16.1. The molecule has 156 valence electrons. The van der Waals surface area contributed by atoms with Gasteiger partial charge in [-0.15, -0.1) is 0 Å². The molecule has 1 unspecified atom stereocenters. The molecule has 4 rings (SSSR count). The second kappa shape index (κ2) is 8.83. The van der Waals surface area contributed by atoms with Gasteiger partial charge in [0.2, 0.25) is 5.91 Å². The third kappa shape index (κ3) is 4.31. The van der Waals surface area contributed by atoms with E-state index < -0.39 is 0 Å². The number of hydrogen-bond donors (Lipinski definition) is 1. The molecule has 0 aliphatic carbocycles. The molecule has 0 bridgehead atoms. The van der Waals surface area contributed by atoms with E-state index in [4.69, 9.17) is 17.0 Å². The zero-order valence-electron chi connectivity index (χ0n) is 17.3. The van der Waals surface area contributed by atoms with Crippen molar-refractivity contribution in [1.82, 2.24) is 19.7 Å². The summed E-state index contributed by atoms with van der Waals surface area (Å²) in [4.78, 5) is 15.2. The van der Waals surface area contributed by atoms with Crippen molar-refractivity contribution in [1.29, 1.82) is 0 Å². The van der Waals surface area contributed by atoms with E-state index in [0.29, 0.717) is 10.6 Å². The molecule has 1 aliphatic rings. The molecule has 1 saturated heterocycles. The lowest BCUT2D eigenvalue weighted by Crippen LogP contribution is -2.39. The second-order valence-electron chi connectivity index (χ2n) is 7.74. The Morgan fingerprint density at radius 1 is 1.27 bits per heavy atom. The van der Waals surface area contributed by atoms with Crippen LogP contribution in [0, 0.1) is 11.7 Å². The predicted molar refractivity (Wildman–Crippen MR) is 119 cm³/mol. The van der Waals surface area contributed by atoms with Gasteiger partial charge in [-0.25, -0.2) is 0 Å². The summed E-state index contributed by atoms with van der Waals surface area (Å²) < 4.78 is 7.59. The molecule has 0 spiro atoms. The number of benzene rings is 2. The number of nitrogens with one attached hydrogen (secondary N) is 1. The number of hydrogen-bond acceptors (Lipinski definition) is 4. The fourth-order valence-corrected chi connectivity index (χ4v) is 4.26. The van der Waals surface area contributed by atoms with Crippen molar-refractivity contribution in [3.63, 3.8) is 0 Å². The number of ether oxygens (including phenoxy) is 1. The van der Waals surface area contributed by atoms with Gasteiger partial charge in [0, 0.05) is 18.2 Å².